The van der Waals surface area contributed by atoms with E-state index in [4.69, 9.17) is 4.74 Å². The minimum Gasteiger partial charge on any atom is -0.489 e. The van der Waals surface area contributed by atoms with Crippen LogP contribution in [0, 0.1) is 0 Å². The maximum absolute atomic E-state index is 5.92. The number of nitrogens with zero attached hydrogens (tertiary/aromatic N) is 3. The summed E-state index contributed by atoms with van der Waals surface area (Å²) in [4.78, 5) is 0. The number of benzene rings is 3. The van der Waals surface area contributed by atoms with Crippen LogP contribution in [0.3, 0.4) is 0 Å². The molecule has 0 atom stereocenters. The smallest absolute Gasteiger partial charge is 0.120 e. The van der Waals surface area contributed by atoms with Gasteiger partial charge in [0.25, 0.3) is 0 Å². The van der Waals surface area contributed by atoms with Crippen LogP contribution in [-0.4, -0.2) is 12.8 Å². The first-order valence-electron chi connectivity index (χ1n) is 8.47. The molecule has 0 aliphatic rings. The molecule has 4 nitrogen and oxygen atoms in total. The minimum atomic E-state index is 0.517. The summed E-state index contributed by atoms with van der Waals surface area (Å²) >= 11 is 0. The van der Waals surface area contributed by atoms with E-state index in [1.165, 1.54) is 11.1 Å². The molecule has 0 fully saturated rings. The predicted molar refractivity (Wildman–Crippen MR) is 106 cm³/mol. The Hall–Kier alpha value is -3.27. The molecule has 0 aromatic heterocycles. The summed E-state index contributed by atoms with van der Waals surface area (Å²) in [5.74, 6) is 0.803. The van der Waals surface area contributed by atoms with Gasteiger partial charge in [-0.1, -0.05) is 66.7 Å². The topological polar surface area (TPSA) is 46.3 Å². The third-order valence-corrected chi connectivity index (χ3v) is 4.00. The minimum absolute atomic E-state index is 0.517. The third-order valence-electron chi connectivity index (χ3n) is 4.00. The largest absolute Gasteiger partial charge is 0.489 e. The Bertz CT molecular complexity index is 900. The molecule has 3 rings (SSSR count). The van der Waals surface area contributed by atoms with Gasteiger partial charge in [-0.15, -0.1) is 5.10 Å². The highest BCUT2D eigenvalue weighted by Crippen LogP contribution is 2.20. The van der Waals surface area contributed by atoms with E-state index < -0.39 is 0 Å². The summed E-state index contributed by atoms with van der Waals surface area (Å²) < 4.78 is 5.92. The standard InChI is InChI=1S/C22H21N3O/c1-17(24-25-23-2)21-9-6-10-22(15-21)26-16-18-11-13-20(14-12-18)19-7-4-3-5-8-19/h3-15H,16H2,1-2H3/b24-17+,25-23?. The fourth-order valence-electron chi connectivity index (χ4n) is 2.57. The molecule has 0 bridgehead atoms. The van der Waals surface area contributed by atoms with E-state index in [1.54, 1.807) is 7.05 Å². The van der Waals surface area contributed by atoms with Crippen molar-refractivity contribution in [1.29, 1.82) is 0 Å². The molecular weight excluding hydrogens is 322 g/mol. The average Bonchev–Trinajstić information content (AvgIpc) is 2.72. The molecule has 3 aromatic carbocycles. The van der Waals surface area contributed by atoms with Crippen molar-refractivity contribution in [3.8, 4) is 16.9 Å². The van der Waals surface area contributed by atoms with Crippen LogP contribution in [-0.2, 0) is 6.61 Å². The van der Waals surface area contributed by atoms with Gasteiger partial charge in [0.1, 0.15) is 12.4 Å². The third kappa shape index (κ3) is 4.63. The highest BCUT2D eigenvalue weighted by atomic mass is 16.5. The molecular formula is C22H21N3O. The van der Waals surface area contributed by atoms with E-state index in [1.807, 2.05) is 49.4 Å². The quantitative estimate of drug-likeness (QED) is 0.320. The first kappa shape index (κ1) is 17.5. The molecule has 0 aliphatic heterocycles. The Morgan fingerprint density at radius 3 is 2.31 bits per heavy atom. The molecule has 0 radical (unpaired) electrons. The van der Waals surface area contributed by atoms with Crippen molar-refractivity contribution in [2.24, 2.45) is 15.4 Å². The fourth-order valence-corrected chi connectivity index (χ4v) is 2.57. The first-order valence-corrected chi connectivity index (χ1v) is 8.47. The summed E-state index contributed by atoms with van der Waals surface area (Å²) in [7, 11) is 1.60. The van der Waals surface area contributed by atoms with E-state index >= 15 is 0 Å². The van der Waals surface area contributed by atoms with E-state index in [0.717, 1.165) is 22.6 Å². The summed E-state index contributed by atoms with van der Waals surface area (Å²) in [6, 6.07) is 26.6. The second kappa shape index (κ2) is 8.72. The zero-order valence-corrected chi connectivity index (χ0v) is 15.0. The van der Waals surface area contributed by atoms with Crippen molar-refractivity contribution in [1.82, 2.24) is 0 Å². The molecule has 0 spiro atoms. The van der Waals surface area contributed by atoms with Crippen LogP contribution in [0.5, 0.6) is 5.75 Å². The van der Waals surface area contributed by atoms with Crippen LogP contribution < -0.4 is 4.74 Å². The van der Waals surface area contributed by atoms with Crippen LogP contribution in [0.1, 0.15) is 18.1 Å². The Morgan fingerprint density at radius 2 is 1.58 bits per heavy atom. The van der Waals surface area contributed by atoms with Gasteiger partial charge in [0.2, 0.25) is 0 Å². The molecule has 0 amide bonds. The van der Waals surface area contributed by atoms with Crippen LogP contribution in [0.25, 0.3) is 11.1 Å². The second-order valence-corrected chi connectivity index (χ2v) is 5.85. The van der Waals surface area contributed by atoms with Gasteiger partial charge in [0.05, 0.1) is 12.8 Å². The van der Waals surface area contributed by atoms with E-state index in [0.29, 0.717) is 6.61 Å². The van der Waals surface area contributed by atoms with E-state index in [-0.39, 0.29) is 0 Å². The van der Waals surface area contributed by atoms with Crippen molar-refractivity contribution >= 4 is 5.71 Å². The van der Waals surface area contributed by atoms with Crippen LogP contribution >= 0.6 is 0 Å². The monoisotopic (exact) mass is 343 g/mol. The van der Waals surface area contributed by atoms with Gasteiger partial charge in [0, 0.05) is 5.56 Å². The molecule has 0 heterocycles. The van der Waals surface area contributed by atoms with Crippen LogP contribution in [0.2, 0.25) is 0 Å². The normalized spacial score (nSPS) is 11.7. The molecule has 0 unspecified atom stereocenters. The summed E-state index contributed by atoms with van der Waals surface area (Å²) in [5.41, 5.74) is 5.31. The Balaban J connectivity index is 1.66. The number of hydrogen-bond acceptors (Lipinski definition) is 3. The lowest BCUT2D eigenvalue weighted by Crippen LogP contribution is -1.98. The zero-order valence-electron chi connectivity index (χ0n) is 15.0. The van der Waals surface area contributed by atoms with Crippen molar-refractivity contribution < 1.29 is 4.74 Å². The van der Waals surface area contributed by atoms with Gasteiger partial charge in [-0.25, -0.2) is 0 Å². The van der Waals surface area contributed by atoms with Gasteiger partial charge in [-0.2, -0.15) is 5.11 Å². The van der Waals surface area contributed by atoms with Gasteiger partial charge in [-0.3, -0.25) is 0 Å². The second-order valence-electron chi connectivity index (χ2n) is 5.85. The van der Waals surface area contributed by atoms with Gasteiger partial charge in [-0.05, 0) is 41.0 Å². The summed E-state index contributed by atoms with van der Waals surface area (Å²) in [5, 5.41) is 11.3. The van der Waals surface area contributed by atoms with Crippen molar-refractivity contribution in [2.45, 2.75) is 13.5 Å². The predicted octanol–water partition coefficient (Wildman–Crippen LogP) is 5.74. The SMILES string of the molecule is CN=N/N=C(\C)c1cccc(OCc2ccc(-c3ccccc3)cc2)c1. The summed E-state index contributed by atoms with van der Waals surface area (Å²) in [6.07, 6.45) is 0. The summed E-state index contributed by atoms with van der Waals surface area (Å²) in [6.45, 7) is 2.42. The zero-order chi connectivity index (χ0) is 18.2. The molecule has 4 heteroatoms. The van der Waals surface area contributed by atoms with Crippen molar-refractivity contribution in [3.63, 3.8) is 0 Å². The molecule has 0 N–H and O–H groups in total. The van der Waals surface area contributed by atoms with Crippen molar-refractivity contribution in [2.75, 3.05) is 7.05 Å². The Kier molecular flexibility index (Phi) is 5.88. The molecule has 0 aliphatic carbocycles. The molecule has 3 aromatic rings. The Labute approximate surface area is 153 Å². The van der Waals surface area contributed by atoms with Gasteiger partial charge < -0.3 is 4.74 Å². The van der Waals surface area contributed by atoms with E-state index in [2.05, 4.69) is 51.8 Å². The van der Waals surface area contributed by atoms with E-state index in [9.17, 15) is 0 Å². The van der Waals surface area contributed by atoms with Crippen LogP contribution in [0.4, 0.5) is 0 Å². The van der Waals surface area contributed by atoms with Gasteiger partial charge in [0.15, 0.2) is 0 Å². The number of hydrogen-bond donors (Lipinski definition) is 0. The fraction of sp³-hybridized carbons (Fsp3) is 0.136. The van der Waals surface area contributed by atoms with Crippen molar-refractivity contribution in [3.05, 3.63) is 90.0 Å². The molecule has 0 saturated heterocycles. The van der Waals surface area contributed by atoms with Crippen LogP contribution in [0.15, 0.2) is 94.3 Å². The van der Waals surface area contributed by atoms with Gasteiger partial charge >= 0.3 is 0 Å². The lowest BCUT2D eigenvalue weighted by Gasteiger charge is -2.09. The lowest BCUT2D eigenvalue weighted by atomic mass is 10.0. The molecule has 130 valence electrons. The maximum atomic E-state index is 5.92. The number of ether oxygens (including phenoxy) is 1. The molecule has 26 heavy (non-hydrogen) atoms. The molecule has 0 saturated carbocycles. The maximum Gasteiger partial charge on any atom is 0.120 e. The average molecular weight is 343 g/mol. The lowest BCUT2D eigenvalue weighted by molar-refractivity contribution is 0.306. The number of rotatable bonds is 6. The highest BCUT2D eigenvalue weighted by Gasteiger charge is 2.02. The first-order chi connectivity index (χ1) is 12.8. The Morgan fingerprint density at radius 1 is 0.846 bits per heavy atom. The highest BCUT2D eigenvalue weighted by molar-refractivity contribution is 5.98.